The Morgan fingerprint density at radius 2 is 1.91 bits per heavy atom. The van der Waals surface area contributed by atoms with Crippen molar-refractivity contribution in [1.82, 2.24) is 19.9 Å². The lowest BCUT2D eigenvalue weighted by Crippen LogP contribution is -2.31. The van der Waals surface area contributed by atoms with Gasteiger partial charge in [-0.3, -0.25) is 9.59 Å². The van der Waals surface area contributed by atoms with E-state index in [9.17, 15) is 9.59 Å². The van der Waals surface area contributed by atoms with Gasteiger partial charge in [-0.05, 0) is 63.1 Å². The number of hydrogen-bond acceptors (Lipinski definition) is 7. The van der Waals surface area contributed by atoms with E-state index >= 15 is 4.39 Å². The number of nitrogens with zero attached hydrogens (tertiary/aromatic N) is 4. The van der Waals surface area contributed by atoms with E-state index in [0.29, 0.717) is 35.9 Å². The van der Waals surface area contributed by atoms with E-state index < -0.39 is 31.8 Å². The molecule has 0 aliphatic heterocycles. The maximum Gasteiger partial charge on any atom is 0.254 e. The van der Waals surface area contributed by atoms with E-state index in [4.69, 9.17) is 15.0 Å². The molecule has 0 aromatic carbocycles. The lowest BCUT2D eigenvalue weighted by atomic mass is 9.74. The minimum absolute atomic E-state index is 0.0636. The van der Waals surface area contributed by atoms with Crippen LogP contribution in [0, 0.1) is 31.6 Å². The third-order valence-corrected chi connectivity index (χ3v) is 10.1. The van der Waals surface area contributed by atoms with Crippen molar-refractivity contribution in [3.05, 3.63) is 46.5 Å². The number of aromatic nitrogens is 4. The first kappa shape index (κ1) is 32.5. The van der Waals surface area contributed by atoms with Crippen molar-refractivity contribution in [2.45, 2.75) is 98.1 Å². The van der Waals surface area contributed by atoms with Crippen LogP contribution >= 0.6 is 0 Å². The molecule has 0 spiro atoms. The normalized spacial score (nSPS) is 18.0. The molecule has 3 aromatic heterocycles. The Balaban J connectivity index is 1.57. The van der Waals surface area contributed by atoms with Crippen molar-refractivity contribution in [2.24, 2.45) is 17.6 Å². The molecule has 1 aliphatic rings. The number of carbonyl (C=O) groups excluding carboxylic acids is 2. The standard InChI is InChI=1S/C31H45FN6O4Si/c1-8-23-27(30(33)39)28(42-37-23)26(21-11-9-18(2)10-12-21)31(40)35-24-14-13-22(29(32)34-24)25-19(3)36-38(20(25)4)17-41-15-16-43(5,6)7/h13-14,18,21,26H,8-12,15-17H2,1-7H3,(H2,33,39)(H,34,35,40)/t18?,21?,26-/m0/s1. The van der Waals surface area contributed by atoms with Gasteiger partial charge in [0.1, 0.15) is 24.0 Å². The number of ether oxygens (including phenoxy) is 1. The number of nitrogens with two attached hydrogens (primary N) is 1. The highest BCUT2D eigenvalue weighted by molar-refractivity contribution is 6.76. The molecule has 3 aromatic rings. The largest absolute Gasteiger partial charge is 0.365 e. The summed E-state index contributed by atoms with van der Waals surface area (Å²) in [5.74, 6) is -1.95. The van der Waals surface area contributed by atoms with Crippen LogP contribution in [0.5, 0.6) is 0 Å². The van der Waals surface area contributed by atoms with E-state index in [-0.39, 0.29) is 35.4 Å². The minimum Gasteiger partial charge on any atom is -0.365 e. The van der Waals surface area contributed by atoms with Gasteiger partial charge in [0.05, 0.1) is 11.4 Å². The molecule has 1 aliphatic carbocycles. The second-order valence-corrected chi connectivity index (χ2v) is 18.6. The number of carbonyl (C=O) groups is 2. The summed E-state index contributed by atoms with van der Waals surface area (Å²) in [5.41, 5.74) is 8.64. The summed E-state index contributed by atoms with van der Waals surface area (Å²) >= 11 is 0. The van der Waals surface area contributed by atoms with Crippen LogP contribution in [0.3, 0.4) is 0 Å². The predicted molar refractivity (Wildman–Crippen MR) is 166 cm³/mol. The number of anilines is 1. The zero-order valence-electron chi connectivity index (χ0n) is 26.4. The van der Waals surface area contributed by atoms with E-state index in [1.807, 2.05) is 20.8 Å². The SMILES string of the molecule is CCc1noc([C@@H](C(=O)Nc2ccc(-c3c(C)nn(COCC[Si](C)(C)C)c3C)c(F)n2)C2CCC(C)CC2)c1C(N)=O. The first-order valence-corrected chi connectivity index (χ1v) is 18.9. The van der Waals surface area contributed by atoms with Crippen LogP contribution in [0.2, 0.25) is 25.7 Å². The van der Waals surface area contributed by atoms with Crippen LogP contribution in [0.25, 0.3) is 11.1 Å². The van der Waals surface area contributed by atoms with Crippen molar-refractivity contribution >= 4 is 25.7 Å². The molecule has 1 saturated carbocycles. The molecule has 0 radical (unpaired) electrons. The molecule has 43 heavy (non-hydrogen) atoms. The molecule has 1 atom stereocenters. The van der Waals surface area contributed by atoms with E-state index in [0.717, 1.165) is 37.4 Å². The van der Waals surface area contributed by atoms with Crippen LogP contribution < -0.4 is 11.1 Å². The lowest BCUT2D eigenvalue weighted by Gasteiger charge is -2.31. The van der Waals surface area contributed by atoms with E-state index in [2.05, 4.69) is 47.1 Å². The molecule has 3 heterocycles. The fraction of sp³-hybridized carbons (Fsp3) is 0.581. The van der Waals surface area contributed by atoms with Crippen LogP contribution in [0.15, 0.2) is 16.7 Å². The predicted octanol–water partition coefficient (Wildman–Crippen LogP) is 6.21. The maximum absolute atomic E-state index is 15.5. The highest BCUT2D eigenvalue weighted by atomic mass is 28.3. The number of amides is 2. The smallest absolute Gasteiger partial charge is 0.254 e. The van der Waals surface area contributed by atoms with Crippen LogP contribution in [-0.4, -0.2) is 46.4 Å². The van der Waals surface area contributed by atoms with Crippen molar-refractivity contribution in [1.29, 1.82) is 0 Å². The van der Waals surface area contributed by atoms with Gasteiger partial charge in [0.25, 0.3) is 5.91 Å². The molecule has 1 fully saturated rings. The molecule has 0 unspecified atom stereocenters. The van der Waals surface area contributed by atoms with Gasteiger partial charge < -0.3 is 20.3 Å². The first-order chi connectivity index (χ1) is 20.3. The quantitative estimate of drug-likeness (QED) is 0.141. The maximum atomic E-state index is 15.5. The molecule has 3 N–H and O–H groups in total. The van der Waals surface area contributed by atoms with Crippen molar-refractivity contribution < 1.29 is 23.2 Å². The number of nitrogens with one attached hydrogen (secondary N) is 1. The monoisotopic (exact) mass is 612 g/mol. The van der Waals surface area contributed by atoms with E-state index in [1.165, 1.54) is 0 Å². The second-order valence-electron chi connectivity index (χ2n) is 13.0. The van der Waals surface area contributed by atoms with Gasteiger partial charge in [0.15, 0.2) is 5.76 Å². The molecule has 4 rings (SSSR count). The van der Waals surface area contributed by atoms with Crippen LogP contribution in [-0.2, 0) is 22.7 Å². The number of primary amides is 1. The van der Waals surface area contributed by atoms with Crippen LogP contribution in [0.4, 0.5) is 10.2 Å². The fourth-order valence-corrected chi connectivity index (χ4v) is 6.61. The van der Waals surface area contributed by atoms with Gasteiger partial charge in [-0.15, -0.1) is 0 Å². The molecule has 0 saturated heterocycles. The van der Waals surface area contributed by atoms with Gasteiger partial charge in [0, 0.05) is 31.5 Å². The zero-order valence-corrected chi connectivity index (χ0v) is 27.4. The van der Waals surface area contributed by atoms with Gasteiger partial charge in [-0.25, -0.2) is 9.67 Å². The highest BCUT2D eigenvalue weighted by Crippen LogP contribution is 2.40. The summed E-state index contributed by atoms with van der Waals surface area (Å²) in [5, 5.41) is 11.4. The Morgan fingerprint density at radius 3 is 2.51 bits per heavy atom. The third-order valence-electron chi connectivity index (χ3n) is 8.43. The molecule has 234 valence electrons. The summed E-state index contributed by atoms with van der Waals surface area (Å²) in [6, 6.07) is 4.22. The zero-order chi connectivity index (χ0) is 31.5. The Hall–Kier alpha value is -3.38. The lowest BCUT2D eigenvalue weighted by molar-refractivity contribution is -0.119. The van der Waals surface area contributed by atoms with Crippen LogP contribution in [0.1, 0.15) is 78.6 Å². The topological polar surface area (TPSA) is 138 Å². The first-order valence-electron chi connectivity index (χ1n) is 15.2. The number of rotatable bonds is 12. The average molecular weight is 613 g/mol. The van der Waals surface area contributed by atoms with Gasteiger partial charge >= 0.3 is 0 Å². The van der Waals surface area contributed by atoms with Gasteiger partial charge in [-0.2, -0.15) is 9.49 Å². The summed E-state index contributed by atoms with van der Waals surface area (Å²) in [6.45, 7) is 15.6. The minimum atomic E-state index is -1.21. The average Bonchev–Trinajstić information content (AvgIpc) is 3.48. The number of aryl methyl sites for hydroxylation is 2. The highest BCUT2D eigenvalue weighted by Gasteiger charge is 2.39. The van der Waals surface area contributed by atoms with E-state index in [1.54, 1.807) is 16.8 Å². The second kappa shape index (κ2) is 13.5. The number of halogens is 1. The Labute approximate surface area is 254 Å². The molecule has 10 nitrogen and oxygen atoms in total. The number of hydrogen-bond donors (Lipinski definition) is 2. The molecule has 0 bridgehead atoms. The number of pyridine rings is 1. The third kappa shape index (κ3) is 7.59. The Bertz CT molecular complexity index is 1460. The summed E-state index contributed by atoms with van der Waals surface area (Å²) in [4.78, 5) is 30.3. The fourth-order valence-electron chi connectivity index (χ4n) is 5.86. The Morgan fingerprint density at radius 1 is 1.21 bits per heavy atom. The summed E-state index contributed by atoms with van der Waals surface area (Å²) < 4.78 is 28.7. The molecule has 2 amide bonds. The van der Waals surface area contributed by atoms with Gasteiger partial charge in [0.2, 0.25) is 11.9 Å². The van der Waals surface area contributed by atoms with Gasteiger partial charge in [-0.1, -0.05) is 51.5 Å². The Kier molecular flexibility index (Phi) is 10.2. The summed E-state index contributed by atoms with van der Waals surface area (Å²) in [7, 11) is -1.21. The molecule has 12 heteroatoms. The molecular formula is C31H45FN6O4Si. The molecular weight excluding hydrogens is 567 g/mol. The van der Waals surface area contributed by atoms with Crippen molar-refractivity contribution in [3.63, 3.8) is 0 Å². The van der Waals surface area contributed by atoms with Crippen molar-refractivity contribution in [2.75, 3.05) is 11.9 Å². The summed E-state index contributed by atoms with van der Waals surface area (Å²) in [6.07, 6.45) is 3.90. The van der Waals surface area contributed by atoms with Crippen molar-refractivity contribution in [3.8, 4) is 11.1 Å².